The number of hydrogen-bond donors (Lipinski definition) is 1. The third kappa shape index (κ3) is 2.41. The molecule has 0 aliphatic heterocycles. The highest BCUT2D eigenvalue weighted by Crippen LogP contribution is 2.37. The standard InChI is InChI=1S/C17H20N2/c1-12-5-4-10-19-17(12)16(18)15-9-3-8-14(11-15)13-6-2-7-13/h3-5,8-11,13,16H,2,6-7,18H2,1H3. The summed E-state index contributed by atoms with van der Waals surface area (Å²) in [7, 11) is 0. The fraction of sp³-hybridized carbons (Fsp3) is 0.353. The summed E-state index contributed by atoms with van der Waals surface area (Å²) in [5.74, 6) is 0.747. The van der Waals surface area contributed by atoms with Gasteiger partial charge in [0.05, 0.1) is 11.7 Å². The minimum atomic E-state index is -0.124. The summed E-state index contributed by atoms with van der Waals surface area (Å²) in [6, 6.07) is 12.6. The molecule has 0 saturated heterocycles. The van der Waals surface area contributed by atoms with Crippen molar-refractivity contribution in [3.63, 3.8) is 0 Å². The van der Waals surface area contributed by atoms with Crippen LogP contribution in [0.5, 0.6) is 0 Å². The Balaban J connectivity index is 1.91. The Hall–Kier alpha value is -1.67. The van der Waals surface area contributed by atoms with E-state index in [4.69, 9.17) is 5.73 Å². The summed E-state index contributed by atoms with van der Waals surface area (Å²) in [6.07, 6.45) is 5.82. The number of nitrogens with zero attached hydrogens (tertiary/aromatic N) is 1. The van der Waals surface area contributed by atoms with Crippen LogP contribution in [0, 0.1) is 6.92 Å². The molecule has 2 nitrogen and oxygen atoms in total. The van der Waals surface area contributed by atoms with E-state index in [1.807, 2.05) is 12.3 Å². The van der Waals surface area contributed by atoms with Gasteiger partial charge in [0.25, 0.3) is 0 Å². The van der Waals surface area contributed by atoms with Crippen LogP contribution in [-0.2, 0) is 0 Å². The molecule has 1 atom stereocenters. The van der Waals surface area contributed by atoms with Crippen molar-refractivity contribution in [2.75, 3.05) is 0 Å². The van der Waals surface area contributed by atoms with Crippen molar-refractivity contribution in [1.29, 1.82) is 0 Å². The second-order valence-corrected chi connectivity index (χ2v) is 5.48. The molecule has 1 aromatic carbocycles. The van der Waals surface area contributed by atoms with Gasteiger partial charge in [-0.2, -0.15) is 0 Å². The van der Waals surface area contributed by atoms with Crippen LogP contribution < -0.4 is 5.73 Å². The van der Waals surface area contributed by atoms with Gasteiger partial charge < -0.3 is 5.73 Å². The Labute approximate surface area is 114 Å². The number of aromatic nitrogens is 1. The maximum Gasteiger partial charge on any atom is 0.0729 e. The van der Waals surface area contributed by atoms with Crippen LogP contribution in [0.3, 0.4) is 0 Å². The van der Waals surface area contributed by atoms with Crippen LogP contribution >= 0.6 is 0 Å². The predicted molar refractivity (Wildman–Crippen MR) is 78.0 cm³/mol. The molecule has 0 bridgehead atoms. The molecule has 19 heavy (non-hydrogen) atoms. The van der Waals surface area contributed by atoms with E-state index in [0.717, 1.165) is 17.2 Å². The Kier molecular flexibility index (Phi) is 3.34. The van der Waals surface area contributed by atoms with Gasteiger partial charge in [-0.1, -0.05) is 36.8 Å². The normalized spacial score (nSPS) is 16.9. The van der Waals surface area contributed by atoms with Crippen molar-refractivity contribution in [2.24, 2.45) is 5.73 Å². The molecule has 1 aliphatic rings. The van der Waals surface area contributed by atoms with Crippen LogP contribution in [-0.4, -0.2) is 4.98 Å². The largest absolute Gasteiger partial charge is 0.319 e. The highest BCUT2D eigenvalue weighted by Gasteiger charge is 2.20. The minimum absolute atomic E-state index is 0.124. The van der Waals surface area contributed by atoms with E-state index in [0.29, 0.717) is 0 Å². The number of benzene rings is 1. The van der Waals surface area contributed by atoms with Crippen molar-refractivity contribution in [2.45, 2.75) is 38.1 Å². The zero-order valence-electron chi connectivity index (χ0n) is 11.3. The van der Waals surface area contributed by atoms with Gasteiger partial charge in [-0.3, -0.25) is 4.98 Å². The van der Waals surface area contributed by atoms with E-state index >= 15 is 0 Å². The van der Waals surface area contributed by atoms with Crippen LogP contribution in [0.4, 0.5) is 0 Å². The Morgan fingerprint density at radius 3 is 2.74 bits per heavy atom. The molecular weight excluding hydrogens is 232 g/mol. The van der Waals surface area contributed by atoms with Gasteiger partial charge in [-0.05, 0) is 48.4 Å². The highest BCUT2D eigenvalue weighted by molar-refractivity contribution is 5.35. The number of pyridine rings is 1. The average Bonchev–Trinajstić information content (AvgIpc) is 2.37. The van der Waals surface area contributed by atoms with E-state index in [9.17, 15) is 0 Å². The SMILES string of the molecule is Cc1cccnc1C(N)c1cccc(C2CCC2)c1. The molecule has 1 aromatic heterocycles. The van der Waals surface area contributed by atoms with Crippen molar-refractivity contribution in [3.05, 3.63) is 65.0 Å². The van der Waals surface area contributed by atoms with Crippen LogP contribution in [0.2, 0.25) is 0 Å². The first kappa shape index (κ1) is 12.4. The van der Waals surface area contributed by atoms with E-state index in [-0.39, 0.29) is 6.04 Å². The van der Waals surface area contributed by atoms with E-state index in [1.54, 1.807) is 0 Å². The first-order valence-electron chi connectivity index (χ1n) is 7.02. The molecule has 1 aliphatic carbocycles. The minimum Gasteiger partial charge on any atom is -0.319 e. The predicted octanol–water partition coefficient (Wildman–Crippen LogP) is 3.71. The fourth-order valence-corrected chi connectivity index (χ4v) is 2.73. The lowest BCUT2D eigenvalue weighted by molar-refractivity contribution is 0.419. The summed E-state index contributed by atoms with van der Waals surface area (Å²) in [4.78, 5) is 4.44. The summed E-state index contributed by atoms with van der Waals surface area (Å²) in [6.45, 7) is 2.07. The molecule has 0 spiro atoms. The molecule has 2 aromatic rings. The third-order valence-corrected chi connectivity index (χ3v) is 4.19. The summed E-state index contributed by atoms with van der Waals surface area (Å²) in [5, 5.41) is 0. The quantitative estimate of drug-likeness (QED) is 0.904. The van der Waals surface area contributed by atoms with E-state index in [1.165, 1.54) is 30.4 Å². The highest BCUT2D eigenvalue weighted by atomic mass is 14.8. The molecule has 2 heteroatoms. The summed E-state index contributed by atoms with van der Waals surface area (Å²) >= 11 is 0. The molecule has 0 radical (unpaired) electrons. The van der Waals surface area contributed by atoms with Crippen molar-refractivity contribution >= 4 is 0 Å². The topological polar surface area (TPSA) is 38.9 Å². The van der Waals surface area contributed by atoms with Crippen LogP contribution in [0.15, 0.2) is 42.6 Å². The number of rotatable bonds is 3. The molecule has 98 valence electrons. The molecule has 3 rings (SSSR count). The maximum atomic E-state index is 6.38. The molecule has 0 amide bonds. The Bertz CT molecular complexity index is 573. The number of nitrogens with two attached hydrogens (primary N) is 1. The Morgan fingerprint density at radius 2 is 2.05 bits per heavy atom. The lowest BCUT2D eigenvalue weighted by atomic mass is 9.79. The second-order valence-electron chi connectivity index (χ2n) is 5.48. The van der Waals surface area contributed by atoms with Crippen molar-refractivity contribution < 1.29 is 0 Å². The smallest absolute Gasteiger partial charge is 0.0729 e. The second kappa shape index (κ2) is 5.14. The van der Waals surface area contributed by atoms with Gasteiger partial charge in [0.15, 0.2) is 0 Å². The van der Waals surface area contributed by atoms with Gasteiger partial charge in [0.1, 0.15) is 0 Å². The van der Waals surface area contributed by atoms with E-state index in [2.05, 4.69) is 42.2 Å². The summed E-state index contributed by atoms with van der Waals surface area (Å²) < 4.78 is 0. The van der Waals surface area contributed by atoms with Gasteiger partial charge in [0, 0.05) is 6.20 Å². The molecule has 1 unspecified atom stereocenters. The van der Waals surface area contributed by atoms with Crippen LogP contribution in [0.25, 0.3) is 0 Å². The lowest BCUT2D eigenvalue weighted by Crippen LogP contribution is -2.16. The number of aryl methyl sites for hydroxylation is 1. The third-order valence-electron chi connectivity index (χ3n) is 4.19. The van der Waals surface area contributed by atoms with Crippen LogP contribution in [0.1, 0.15) is 53.6 Å². The zero-order valence-corrected chi connectivity index (χ0v) is 11.3. The summed E-state index contributed by atoms with van der Waals surface area (Å²) in [5.41, 5.74) is 11.1. The van der Waals surface area contributed by atoms with Crippen molar-refractivity contribution in [3.8, 4) is 0 Å². The molecule has 1 heterocycles. The zero-order chi connectivity index (χ0) is 13.2. The average molecular weight is 252 g/mol. The number of hydrogen-bond acceptors (Lipinski definition) is 2. The van der Waals surface area contributed by atoms with Gasteiger partial charge in [0.2, 0.25) is 0 Å². The first-order valence-corrected chi connectivity index (χ1v) is 7.02. The molecule has 1 saturated carbocycles. The fourth-order valence-electron chi connectivity index (χ4n) is 2.73. The van der Waals surface area contributed by atoms with E-state index < -0.39 is 0 Å². The lowest BCUT2D eigenvalue weighted by Gasteiger charge is -2.26. The maximum absolute atomic E-state index is 6.38. The van der Waals surface area contributed by atoms with Crippen molar-refractivity contribution in [1.82, 2.24) is 4.98 Å². The Morgan fingerprint density at radius 1 is 1.21 bits per heavy atom. The molecule has 2 N–H and O–H groups in total. The molecular formula is C17H20N2. The van der Waals surface area contributed by atoms with Gasteiger partial charge in [-0.25, -0.2) is 0 Å². The first-order chi connectivity index (χ1) is 9.25. The molecule has 1 fully saturated rings. The van der Waals surface area contributed by atoms with Gasteiger partial charge in [-0.15, -0.1) is 0 Å². The monoisotopic (exact) mass is 252 g/mol. The van der Waals surface area contributed by atoms with Gasteiger partial charge >= 0.3 is 0 Å².